The van der Waals surface area contributed by atoms with Gasteiger partial charge in [-0.15, -0.1) is 11.8 Å². The molecule has 4 aromatic rings. The van der Waals surface area contributed by atoms with Gasteiger partial charge in [0.15, 0.2) is 5.76 Å². The van der Waals surface area contributed by atoms with Gasteiger partial charge in [-0.3, -0.25) is 9.59 Å². The zero-order valence-corrected chi connectivity index (χ0v) is 21.1. The first-order valence-corrected chi connectivity index (χ1v) is 13.1. The van der Waals surface area contributed by atoms with Crippen molar-refractivity contribution in [3.8, 4) is 5.75 Å². The van der Waals surface area contributed by atoms with E-state index in [0.717, 1.165) is 28.1 Å². The number of para-hydroxylation sites is 1. The number of rotatable bonds is 7. The molecule has 5 rings (SSSR count). The third-order valence-corrected chi connectivity index (χ3v) is 7.48. The highest BCUT2D eigenvalue weighted by Crippen LogP contribution is 2.35. The van der Waals surface area contributed by atoms with E-state index in [9.17, 15) is 14.7 Å². The van der Waals surface area contributed by atoms with E-state index < -0.39 is 17.1 Å². The van der Waals surface area contributed by atoms with Crippen molar-refractivity contribution < 1.29 is 19.1 Å². The van der Waals surface area contributed by atoms with Gasteiger partial charge >= 0.3 is 0 Å². The predicted molar refractivity (Wildman–Crippen MR) is 139 cm³/mol. The Labute approximate surface area is 213 Å². The summed E-state index contributed by atoms with van der Waals surface area (Å²) in [5.41, 5.74) is 3.62. The van der Waals surface area contributed by atoms with Gasteiger partial charge in [-0.2, -0.15) is 0 Å². The average molecular weight is 505 g/mol. The minimum Gasteiger partial charge on any atom is -0.502 e. The van der Waals surface area contributed by atoms with Crippen LogP contribution in [0.4, 0.5) is 0 Å². The second-order valence-corrected chi connectivity index (χ2v) is 9.83. The normalized spacial score (nSPS) is 14.1. The standard InChI is InChI=1S/C28H28N2O5S/c1-34-16-18-13-25(31)27(33)28(35-18)22(17-7-9-19(36-2)10-8-17)14-26(32)30-12-11-21-20-5-3-4-6-23(20)29-24(21)15-30/h3-10,13,22,29,33H,11-12,14-16H2,1-2H3/t22-/m1/s1. The molecule has 3 heterocycles. The molecule has 36 heavy (non-hydrogen) atoms. The average Bonchev–Trinajstić information content (AvgIpc) is 3.27. The lowest BCUT2D eigenvalue weighted by atomic mass is 9.91. The topological polar surface area (TPSA) is 95.8 Å². The van der Waals surface area contributed by atoms with Crippen LogP contribution in [-0.4, -0.2) is 40.8 Å². The number of hydrogen-bond acceptors (Lipinski definition) is 6. The van der Waals surface area contributed by atoms with Gasteiger partial charge < -0.3 is 24.1 Å². The summed E-state index contributed by atoms with van der Waals surface area (Å²) >= 11 is 1.61. The van der Waals surface area contributed by atoms with Crippen molar-refractivity contribution in [2.45, 2.75) is 36.8 Å². The van der Waals surface area contributed by atoms with Crippen LogP contribution in [0.15, 0.2) is 68.7 Å². The van der Waals surface area contributed by atoms with Crippen LogP contribution in [0.25, 0.3) is 10.9 Å². The lowest BCUT2D eigenvalue weighted by molar-refractivity contribution is -0.132. The number of H-pyrrole nitrogens is 1. The first-order chi connectivity index (χ1) is 17.5. The zero-order chi connectivity index (χ0) is 25.2. The second-order valence-electron chi connectivity index (χ2n) is 8.95. The fourth-order valence-electron chi connectivity index (χ4n) is 4.91. The van der Waals surface area contributed by atoms with E-state index in [-0.39, 0.29) is 24.7 Å². The Hall–Kier alpha value is -3.49. The summed E-state index contributed by atoms with van der Waals surface area (Å²) in [5.74, 6) is -0.783. The summed E-state index contributed by atoms with van der Waals surface area (Å²) in [7, 11) is 1.50. The lowest BCUT2D eigenvalue weighted by Gasteiger charge is -2.29. The van der Waals surface area contributed by atoms with Crippen molar-refractivity contribution >= 4 is 28.6 Å². The number of aromatic hydroxyl groups is 1. The summed E-state index contributed by atoms with van der Waals surface area (Å²) < 4.78 is 11.1. The maximum Gasteiger partial charge on any atom is 0.227 e. The molecule has 0 unspecified atom stereocenters. The Morgan fingerprint density at radius 2 is 2.00 bits per heavy atom. The number of hydrogen-bond donors (Lipinski definition) is 2. The largest absolute Gasteiger partial charge is 0.502 e. The second kappa shape index (κ2) is 10.2. The van der Waals surface area contributed by atoms with Crippen LogP contribution in [0.3, 0.4) is 0 Å². The van der Waals surface area contributed by atoms with E-state index in [1.807, 2.05) is 53.6 Å². The molecule has 2 N–H and O–H groups in total. The SMILES string of the molecule is COCc1cc(=O)c(O)c([C@H](CC(=O)N2CCc3c([nH]c4ccccc34)C2)c2ccc(SC)cc2)o1. The minimum absolute atomic E-state index is 0.0567. The number of methoxy groups -OCH3 is 1. The van der Waals surface area contributed by atoms with Crippen molar-refractivity contribution in [2.24, 2.45) is 0 Å². The van der Waals surface area contributed by atoms with Crippen molar-refractivity contribution in [2.75, 3.05) is 19.9 Å². The predicted octanol–water partition coefficient (Wildman–Crippen LogP) is 4.80. The molecule has 1 aliphatic heterocycles. The Bertz CT molecular complexity index is 1460. The molecule has 7 nitrogen and oxygen atoms in total. The number of nitrogens with zero attached hydrogens (tertiary/aromatic N) is 1. The number of amides is 1. The molecule has 1 aliphatic rings. The van der Waals surface area contributed by atoms with Crippen LogP contribution in [-0.2, 0) is 29.1 Å². The van der Waals surface area contributed by atoms with Gasteiger partial charge in [0, 0.05) is 47.6 Å². The number of carbonyl (C=O) groups excluding carboxylic acids is 1. The molecular formula is C28H28N2O5S. The molecule has 8 heteroatoms. The number of benzene rings is 2. The Morgan fingerprint density at radius 1 is 1.22 bits per heavy atom. The van der Waals surface area contributed by atoms with Gasteiger partial charge in [-0.1, -0.05) is 30.3 Å². The number of thioether (sulfide) groups is 1. The summed E-state index contributed by atoms with van der Waals surface area (Å²) in [5, 5.41) is 11.9. The third-order valence-electron chi connectivity index (χ3n) is 6.74. The van der Waals surface area contributed by atoms with Crippen molar-refractivity contribution in [3.05, 3.63) is 93.2 Å². The molecule has 1 amide bonds. The number of ether oxygens (including phenoxy) is 1. The molecule has 2 aromatic heterocycles. The van der Waals surface area contributed by atoms with Gasteiger partial charge in [-0.05, 0) is 42.0 Å². The molecule has 0 spiro atoms. The molecule has 0 saturated carbocycles. The van der Waals surface area contributed by atoms with Crippen LogP contribution in [0.2, 0.25) is 0 Å². The van der Waals surface area contributed by atoms with E-state index in [1.165, 1.54) is 24.1 Å². The van der Waals surface area contributed by atoms with Crippen LogP contribution in [0.5, 0.6) is 5.75 Å². The molecule has 0 saturated heterocycles. The van der Waals surface area contributed by atoms with E-state index in [2.05, 4.69) is 11.1 Å². The van der Waals surface area contributed by atoms with Crippen LogP contribution < -0.4 is 5.43 Å². The highest BCUT2D eigenvalue weighted by atomic mass is 32.2. The van der Waals surface area contributed by atoms with Gasteiger partial charge in [0.2, 0.25) is 17.1 Å². The molecule has 0 bridgehead atoms. The summed E-state index contributed by atoms with van der Waals surface area (Å²) in [6, 6.07) is 17.2. The molecule has 186 valence electrons. The van der Waals surface area contributed by atoms with E-state index in [0.29, 0.717) is 18.8 Å². The zero-order valence-electron chi connectivity index (χ0n) is 20.2. The van der Waals surface area contributed by atoms with Gasteiger partial charge in [0.25, 0.3) is 0 Å². The Morgan fingerprint density at radius 3 is 2.75 bits per heavy atom. The smallest absolute Gasteiger partial charge is 0.227 e. The molecule has 0 fully saturated rings. The van der Waals surface area contributed by atoms with Crippen molar-refractivity contribution in [1.82, 2.24) is 9.88 Å². The maximum atomic E-state index is 13.6. The Balaban J connectivity index is 1.47. The number of nitrogens with one attached hydrogen (secondary N) is 1. The summed E-state index contributed by atoms with van der Waals surface area (Å²) in [6.45, 7) is 1.18. The highest BCUT2D eigenvalue weighted by molar-refractivity contribution is 7.98. The third kappa shape index (κ3) is 4.66. The van der Waals surface area contributed by atoms with Gasteiger partial charge in [0.1, 0.15) is 12.4 Å². The first-order valence-electron chi connectivity index (χ1n) is 11.8. The lowest BCUT2D eigenvalue weighted by Crippen LogP contribution is -2.36. The quantitative estimate of drug-likeness (QED) is 0.351. The number of aromatic amines is 1. The molecule has 0 radical (unpaired) electrons. The maximum absolute atomic E-state index is 13.6. The van der Waals surface area contributed by atoms with Crippen molar-refractivity contribution in [3.63, 3.8) is 0 Å². The van der Waals surface area contributed by atoms with Gasteiger partial charge in [-0.25, -0.2) is 0 Å². The highest BCUT2D eigenvalue weighted by Gasteiger charge is 2.30. The Kier molecular flexibility index (Phi) is 6.89. The summed E-state index contributed by atoms with van der Waals surface area (Å²) in [6.07, 6.45) is 2.81. The van der Waals surface area contributed by atoms with Crippen molar-refractivity contribution in [1.29, 1.82) is 0 Å². The first kappa shape index (κ1) is 24.2. The fourth-order valence-corrected chi connectivity index (χ4v) is 5.32. The minimum atomic E-state index is -0.623. The van der Waals surface area contributed by atoms with E-state index in [4.69, 9.17) is 9.15 Å². The summed E-state index contributed by atoms with van der Waals surface area (Å²) in [4.78, 5) is 32.5. The van der Waals surface area contributed by atoms with E-state index >= 15 is 0 Å². The van der Waals surface area contributed by atoms with Crippen LogP contribution >= 0.6 is 11.8 Å². The molecule has 0 aliphatic carbocycles. The number of aromatic nitrogens is 1. The fraction of sp³-hybridized carbons (Fsp3) is 0.286. The van der Waals surface area contributed by atoms with Crippen LogP contribution in [0.1, 0.15) is 40.7 Å². The van der Waals surface area contributed by atoms with E-state index in [1.54, 1.807) is 11.8 Å². The molecular weight excluding hydrogens is 476 g/mol. The number of fused-ring (bicyclic) bond motifs is 3. The van der Waals surface area contributed by atoms with Gasteiger partial charge in [0.05, 0.1) is 12.5 Å². The molecule has 2 aromatic carbocycles. The van der Waals surface area contributed by atoms with Crippen LogP contribution in [0, 0.1) is 0 Å². The molecule has 1 atom stereocenters. The monoisotopic (exact) mass is 504 g/mol. The number of carbonyl (C=O) groups is 1.